The monoisotopic (exact) mass is 246 g/mol. The van der Waals surface area contributed by atoms with Crippen molar-refractivity contribution in [1.82, 2.24) is 4.90 Å². The molecule has 1 aromatic carbocycles. The summed E-state index contributed by atoms with van der Waals surface area (Å²) in [6, 6.07) is 9.46. The Bertz CT molecular complexity index is 417. The fraction of sp³-hybridized carbons (Fsp3) is 0.600. The van der Waals surface area contributed by atoms with Gasteiger partial charge >= 0.3 is 0 Å². The zero-order chi connectivity index (χ0) is 12.7. The summed E-state index contributed by atoms with van der Waals surface area (Å²) in [5, 5.41) is 9.76. The van der Waals surface area contributed by atoms with Crippen LogP contribution < -0.4 is 5.73 Å². The minimum atomic E-state index is 0.288. The van der Waals surface area contributed by atoms with Gasteiger partial charge in [-0.1, -0.05) is 12.1 Å². The van der Waals surface area contributed by atoms with Crippen LogP contribution in [0.15, 0.2) is 24.3 Å². The third-order valence-electron chi connectivity index (χ3n) is 5.01. The van der Waals surface area contributed by atoms with Gasteiger partial charge in [0, 0.05) is 30.3 Å². The lowest BCUT2D eigenvalue weighted by Gasteiger charge is -2.42. The molecule has 2 bridgehead atoms. The number of aliphatic hydroxyl groups excluding tert-OH is 1. The number of fused-ring (bicyclic) bond motifs is 2. The van der Waals surface area contributed by atoms with Gasteiger partial charge in [-0.15, -0.1) is 0 Å². The van der Waals surface area contributed by atoms with Gasteiger partial charge in [0.1, 0.15) is 0 Å². The maximum atomic E-state index is 9.76. The first-order valence-electron chi connectivity index (χ1n) is 6.89. The first-order chi connectivity index (χ1) is 8.70. The molecule has 98 valence electrons. The van der Waals surface area contributed by atoms with Crippen molar-refractivity contribution in [3.63, 3.8) is 0 Å². The molecule has 0 spiro atoms. The normalized spacial score (nSPS) is 35.9. The smallest absolute Gasteiger partial charge is 0.0480 e. The molecule has 0 aromatic heterocycles. The van der Waals surface area contributed by atoms with E-state index in [2.05, 4.69) is 24.1 Å². The molecule has 2 heterocycles. The Balaban J connectivity index is 1.89. The molecule has 3 rings (SSSR count). The van der Waals surface area contributed by atoms with E-state index >= 15 is 0 Å². The molecular formula is C15H22N2O. The van der Waals surface area contributed by atoms with Crippen LogP contribution in [0.25, 0.3) is 0 Å². The zero-order valence-electron chi connectivity index (χ0n) is 10.9. The van der Waals surface area contributed by atoms with Gasteiger partial charge in [0.15, 0.2) is 0 Å². The summed E-state index contributed by atoms with van der Waals surface area (Å²) in [5.74, 6) is 0.863. The summed E-state index contributed by atoms with van der Waals surface area (Å²) in [6.45, 7) is 0.288. The summed E-state index contributed by atoms with van der Waals surface area (Å²) in [5.41, 5.74) is 7.91. The highest BCUT2D eigenvalue weighted by Gasteiger charge is 2.45. The number of nitrogens with two attached hydrogens (primary N) is 1. The largest absolute Gasteiger partial charge is 0.399 e. The molecule has 0 radical (unpaired) electrons. The lowest BCUT2D eigenvalue weighted by molar-refractivity contribution is 0.0592. The molecule has 2 aliphatic heterocycles. The molecule has 3 nitrogen and oxygen atoms in total. The maximum Gasteiger partial charge on any atom is 0.0480 e. The quantitative estimate of drug-likeness (QED) is 0.783. The van der Waals surface area contributed by atoms with E-state index in [-0.39, 0.29) is 6.61 Å². The summed E-state index contributed by atoms with van der Waals surface area (Å²) >= 11 is 0. The summed E-state index contributed by atoms with van der Waals surface area (Å²) in [4.78, 5) is 2.48. The summed E-state index contributed by atoms with van der Waals surface area (Å²) in [7, 11) is 2.21. The van der Waals surface area contributed by atoms with Crippen LogP contribution in [0.4, 0.5) is 5.69 Å². The van der Waals surface area contributed by atoms with Gasteiger partial charge in [0.25, 0.3) is 0 Å². The number of nitrogens with zero attached hydrogens (tertiary/aromatic N) is 1. The highest BCUT2D eigenvalue weighted by molar-refractivity contribution is 5.40. The van der Waals surface area contributed by atoms with Crippen molar-refractivity contribution in [2.24, 2.45) is 5.92 Å². The fourth-order valence-electron chi connectivity index (χ4n) is 3.95. The van der Waals surface area contributed by atoms with Gasteiger partial charge < -0.3 is 15.7 Å². The average molecular weight is 246 g/mol. The third-order valence-corrected chi connectivity index (χ3v) is 5.01. The Morgan fingerprint density at radius 1 is 1.28 bits per heavy atom. The number of aliphatic hydroxyl groups is 1. The van der Waals surface area contributed by atoms with Crippen LogP contribution in [0, 0.1) is 5.92 Å². The fourth-order valence-corrected chi connectivity index (χ4v) is 3.95. The Morgan fingerprint density at radius 2 is 2.00 bits per heavy atom. The Hall–Kier alpha value is -1.06. The number of benzene rings is 1. The van der Waals surface area contributed by atoms with Crippen molar-refractivity contribution < 1.29 is 5.11 Å². The van der Waals surface area contributed by atoms with Crippen molar-refractivity contribution >= 4 is 5.69 Å². The number of nitrogen functional groups attached to an aromatic ring is 1. The van der Waals surface area contributed by atoms with Crippen LogP contribution in [0.2, 0.25) is 0 Å². The van der Waals surface area contributed by atoms with E-state index in [0.29, 0.717) is 23.9 Å². The Labute approximate surface area is 109 Å². The molecule has 2 aliphatic rings. The molecule has 3 heteroatoms. The highest BCUT2D eigenvalue weighted by atomic mass is 16.3. The Kier molecular flexibility index (Phi) is 3.04. The van der Waals surface area contributed by atoms with E-state index in [0.717, 1.165) is 5.69 Å². The average Bonchev–Trinajstić information content (AvgIpc) is 2.63. The van der Waals surface area contributed by atoms with E-state index in [4.69, 9.17) is 5.73 Å². The van der Waals surface area contributed by atoms with Gasteiger partial charge in [-0.2, -0.15) is 0 Å². The molecule has 2 saturated heterocycles. The van der Waals surface area contributed by atoms with Crippen LogP contribution >= 0.6 is 0 Å². The molecule has 0 amide bonds. The third kappa shape index (κ3) is 1.82. The summed E-state index contributed by atoms with van der Waals surface area (Å²) < 4.78 is 0. The van der Waals surface area contributed by atoms with Crippen molar-refractivity contribution in [2.75, 3.05) is 19.4 Å². The van der Waals surface area contributed by atoms with Crippen molar-refractivity contribution in [2.45, 2.75) is 37.3 Å². The Morgan fingerprint density at radius 3 is 2.67 bits per heavy atom. The van der Waals surface area contributed by atoms with E-state index in [1.54, 1.807) is 0 Å². The van der Waals surface area contributed by atoms with Gasteiger partial charge in [0.05, 0.1) is 0 Å². The van der Waals surface area contributed by atoms with Gasteiger partial charge in [-0.25, -0.2) is 0 Å². The number of anilines is 1. The van der Waals surface area contributed by atoms with Crippen LogP contribution in [0.5, 0.6) is 0 Å². The number of hydrogen-bond donors (Lipinski definition) is 2. The first-order valence-corrected chi connectivity index (χ1v) is 6.89. The highest BCUT2D eigenvalue weighted by Crippen LogP contribution is 2.45. The molecule has 2 fully saturated rings. The van der Waals surface area contributed by atoms with Crippen LogP contribution in [0.3, 0.4) is 0 Å². The standard InChI is InChI=1S/C15H22N2O/c1-17-12-6-7-15(17)14(9-18)13(8-12)10-2-4-11(16)5-3-10/h2-5,12-15,18H,6-9,16H2,1H3/t12?,13-,14+,15?/m1/s1. The van der Waals surface area contributed by atoms with Crippen molar-refractivity contribution in [1.29, 1.82) is 0 Å². The van der Waals surface area contributed by atoms with E-state index in [1.807, 2.05) is 12.1 Å². The zero-order valence-corrected chi connectivity index (χ0v) is 10.9. The van der Waals surface area contributed by atoms with Crippen LogP contribution in [-0.4, -0.2) is 35.7 Å². The summed E-state index contributed by atoms with van der Waals surface area (Å²) in [6.07, 6.45) is 3.68. The van der Waals surface area contributed by atoms with E-state index < -0.39 is 0 Å². The molecule has 3 N–H and O–H groups in total. The molecule has 1 aromatic rings. The molecule has 4 atom stereocenters. The number of piperidine rings is 1. The molecule has 18 heavy (non-hydrogen) atoms. The lowest BCUT2D eigenvalue weighted by Crippen LogP contribution is -2.47. The number of rotatable bonds is 2. The second kappa shape index (κ2) is 4.56. The predicted molar refractivity (Wildman–Crippen MR) is 73.4 cm³/mol. The second-order valence-electron chi connectivity index (χ2n) is 5.82. The molecular weight excluding hydrogens is 224 g/mol. The van der Waals surface area contributed by atoms with Crippen molar-refractivity contribution in [3.05, 3.63) is 29.8 Å². The van der Waals surface area contributed by atoms with Crippen LogP contribution in [0.1, 0.15) is 30.7 Å². The second-order valence-corrected chi connectivity index (χ2v) is 5.82. The maximum absolute atomic E-state index is 9.76. The SMILES string of the molecule is CN1C2CCC1[C@@H](CO)[C@@H](c1ccc(N)cc1)C2. The van der Waals surface area contributed by atoms with Gasteiger partial charge in [-0.05, 0) is 49.9 Å². The molecule has 2 unspecified atom stereocenters. The lowest BCUT2D eigenvalue weighted by atomic mass is 9.76. The van der Waals surface area contributed by atoms with Crippen LogP contribution in [-0.2, 0) is 0 Å². The van der Waals surface area contributed by atoms with E-state index in [9.17, 15) is 5.11 Å². The first kappa shape index (κ1) is 12.0. The minimum absolute atomic E-state index is 0.288. The number of hydrogen-bond acceptors (Lipinski definition) is 3. The van der Waals surface area contributed by atoms with Crippen molar-refractivity contribution in [3.8, 4) is 0 Å². The minimum Gasteiger partial charge on any atom is -0.399 e. The molecule has 0 aliphatic carbocycles. The predicted octanol–water partition coefficient (Wildman–Crippen LogP) is 1.83. The van der Waals surface area contributed by atoms with Gasteiger partial charge in [-0.3, -0.25) is 0 Å². The molecule has 0 saturated carbocycles. The topological polar surface area (TPSA) is 49.5 Å². The van der Waals surface area contributed by atoms with Gasteiger partial charge in [0.2, 0.25) is 0 Å². The van der Waals surface area contributed by atoms with E-state index in [1.165, 1.54) is 24.8 Å².